The predicted octanol–water partition coefficient (Wildman–Crippen LogP) is 21.2. The maximum atomic E-state index is 15.2. The SMILES string of the molecule is CCc1cccc(-n2nc(C)cc2C(=O)Cc2cc(C(NCC3CC3)c3cccc(NC(=O)OC(C)(C)C)c3)ccc2F)c1.CCc1cccc(-n2nc(C)cc2C(=O)Cc2cc(C(O)c3cccc(NC(=O)OC(C)(C)C)c3)ccc2F)c1.Cc1cc(C(=O)Cc2cc(C(NCC3CC3)c3cccc(N)c3)ccc2F)n(-c2cccc(CN)c2)n1.Cl.NCC1CC1.O=S(Cl)Cl. The summed E-state index contributed by atoms with van der Waals surface area (Å²) in [7, 11) is 7.36. The van der Waals surface area contributed by atoms with E-state index in [1.54, 1.807) is 108 Å². The van der Waals surface area contributed by atoms with Gasteiger partial charge in [-0.3, -0.25) is 25.0 Å². The molecule has 3 aromatic heterocycles. The van der Waals surface area contributed by atoms with Crippen LogP contribution in [-0.4, -0.2) is 99.0 Å². The second-order valence-electron chi connectivity index (χ2n) is 35.0. The molecule has 3 aliphatic rings. The highest BCUT2D eigenvalue weighted by Crippen LogP contribution is 2.36. The van der Waals surface area contributed by atoms with Gasteiger partial charge in [0.1, 0.15) is 51.8 Å². The van der Waals surface area contributed by atoms with Gasteiger partial charge < -0.3 is 42.4 Å². The Morgan fingerprint density at radius 2 is 0.779 bits per heavy atom. The van der Waals surface area contributed by atoms with Gasteiger partial charge in [-0.15, -0.1) is 12.4 Å². The number of Topliss-reactive ketones (excluding diaryl/α,β-unsaturated/α-hetero) is 3. The Kier molecular flexibility index (Phi) is 36.6. The van der Waals surface area contributed by atoms with E-state index >= 15 is 4.39 Å². The van der Waals surface area contributed by atoms with Crippen molar-refractivity contribution in [1.82, 2.24) is 40.0 Å². The molecule has 692 valence electrons. The van der Waals surface area contributed by atoms with Crippen LogP contribution in [0.15, 0.2) is 218 Å². The van der Waals surface area contributed by atoms with Gasteiger partial charge in [-0.1, -0.05) is 117 Å². The molecule has 12 aromatic rings. The van der Waals surface area contributed by atoms with Crippen molar-refractivity contribution in [2.24, 2.45) is 29.2 Å². The molecule has 15 rings (SSSR count). The number of halogens is 6. The molecule has 3 fully saturated rings. The lowest BCUT2D eigenvalue weighted by Crippen LogP contribution is -2.27. The fourth-order valence-corrected chi connectivity index (χ4v) is 14.6. The molecule has 3 heterocycles. The van der Waals surface area contributed by atoms with Gasteiger partial charge in [0.15, 0.2) is 17.3 Å². The van der Waals surface area contributed by atoms with Crippen LogP contribution in [-0.2, 0) is 57.3 Å². The van der Waals surface area contributed by atoms with E-state index in [2.05, 4.69) is 71.8 Å². The third-order valence-electron chi connectivity index (χ3n) is 21.7. The smallest absolute Gasteiger partial charge is 0.412 e. The Morgan fingerprint density at radius 1 is 0.458 bits per heavy atom. The van der Waals surface area contributed by atoms with Crippen LogP contribution < -0.4 is 38.5 Å². The van der Waals surface area contributed by atoms with Crippen LogP contribution in [0.25, 0.3) is 17.1 Å². The van der Waals surface area contributed by atoms with Crippen LogP contribution in [0.3, 0.4) is 0 Å². The number of carbonyl (C=O) groups excluding carboxylic acids is 5. The number of rotatable bonds is 30. The highest BCUT2D eigenvalue weighted by Gasteiger charge is 2.30. The number of amides is 2. The zero-order valence-electron chi connectivity index (χ0n) is 75.7. The van der Waals surface area contributed by atoms with Gasteiger partial charge in [-0.2, -0.15) is 15.3 Å². The monoisotopic (exact) mass is 1860 g/mol. The van der Waals surface area contributed by atoms with Crippen LogP contribution in [0.2, 0.25) is 0 Å². The molecule has 0 aliphatic heterocycles. The van der Waals surface area contributed by atoms with E-state index < -0.39 is 56.2 Å². The van der Waals surface area contributed by atoms with Crippen molar-refractivity contribution >= 4 is 89.6 Å². The Balaban J connectivity index is 0.000000194. The third kappa shape index (κ3) is 30.8. The van der Waals surface area contributed by atoms with Gasteiger partial charge in [0.05, 0.1) is 46.2 Å². The quantitative estimate of drug-likeness (QED) is 0.0118. The minimum Gasteiger partial charge on any atom is -0.444 e. The molecular weight excluding hydrogens is 1750 g/mol. The number of nitrogens with two attached hydrogens (primary N) is 3. The first-order valence-corrected chi connectivity index (χ1v) is 46.6. The van der Waals surface area contributed by atoms with Gasteiger partial charge in [-0.25, -0.2) is 41.0 Å². The molecule has 0 radical (unpaired) electrons. The van der Waals surface area contributed by atoms with Crippen molar-refractivity contribution in [2.45, 2.75) is 183 Å². The van der Waals surface area contributed by atoms with Crippen LogP contribution in [0.4, 0.5) is 39.8 Å². The number of benzene rings is 9. The van der Waals surface area contributed by atoms with Gasteiger partial charge >= 0.3 is 12.2 Å². The zero-order valence-corrected chi connectivity index (χ0v) is 78.8. The summed E-state index contributed by atoms with van der Waals surface area (Å²) in [6.07, 6.45) is 6.65. The standard InChI is InChI=1S/C36H41FN4O3.C32H34FN3O4.C30H32FN5O.C4H9N.Cl2OS.ClH/c1-6-24-9-7-12-30(18-24)41-32(17-23(2)40-41)33(42)21-28-19-27(15-16-31(28)37)34(38-22-25-13-14-25)26-10-8-11-29(20-26)39-35(43)44-36(3,4)5;1-6-21-9-7-12-26(16-21)36-28(15-20(2)35-36)29(37)19-24-17-23(13-14-27(24)33)30(38)22-10-8-11-25(18-22)34-31(39)40-32(3,4)5;1-19-12-28(36(35-19)26-7-2-4-21(13-26)17-32)29(37)16-24-14-23(10-11-27(24)31)30(34-18-20-8-9-20)22-5-3-6-25(33)15-22;5-3-4-1-2-4;1-4(2)3;/h7-12,15-20,25,34,38H,6,13-14,21-22H2,1-5H3,(H,39,43);7-18,30,38H,6,19H2,1-5H3,(H,34,39);2-7,10-15,20,30,34H,8-9,16-18,32-33H2,1H3;4H,1-3,5H2;;1H. The van der Waals surface area contributed by atoms with Crippen LogP contribution in [0, 0.1) is 56.0 Å². The minimum absolute atomic E-state index is 0. The normalized spacial score (nSPS) is 13.5. The van der Waals surface area contributed by atoms with E-state index in [4.69, 9.17) is 30.9 Å². The fourth-order valence-electron chi connectivity index (χ4n) is 14.6. The first kappa shape index (κ1) is 102. The second-order valence-corrected chi connectivity index (χ2v) is 37.6. The van der Waals surface area contributed by atoms with Crippen LogP contribution in [0.1, 0.15) is 227 Å². The number of nitrogen functional groups attached to an aromatic ring is 1. The van der Waals surface area contributed by atoms with Gasteiger partial charge in [0.25, 0.3) is 0 Å². The second kappa shape index (κ2) is 47.1. The zero-order chi connectivity index (χ0) is 93.7. The van der Waals surface area contributed by atoms with Crippen molar-refractivity contribution in [3.8, 4) is 17.1 Å². The average Bonchev–Trinajstić information content (AvgIpc) is 1.70. The third-order valence-corrected chi connectivity index (χ3v) is 21.7. The molecule has 3 aliphatic carbocycles. The number of aliphatic hydroxyl groups excluding tert-OH is 1. The highest BCUT2D eigenvalue weighted by molar-refractivity contribution is 8.26. The molecule has 3 atom stereocenters. The summed E-state index contributed by atoms with van der Waals surface area (Å²) >= 11 is 0. The van der Waals surface area contributed by atoms with E-state index in [0.717, 1.165) is 94.4 Å². The van der Waals surface area contributed by atoms with E-state index in [-0.39, 0.29) is 66.7 Å². The topological polar surface area (TPSA) is 321 Å². The van der Waals surface area contributed by atoms with E-state index in [0.29, 0.717) is 91.9 Å². The summed E-state index contributed by atoms with van der Waals surface area (Å²) < 4.78 is 69.8. The summed E-state index contributed by atoms with van der Waals surface area (Å²) in [5.74, 6) is 0.101. The van der Waals surface area contributed by atoms with Gasteiger partial charge in [0, 0.05) is 64.2 Å². The van der Waals surface area contributed by atoms with E-state index in [1.165, 1.54) is 68.9 Å². The Labute approximate surface area is 782 Å². The molecule has 29 heteroatoms. The number of hydrogen-bond acceptors (Lipinski definition) is 17. The highest BCUT2D eigenvalue weighted by atomic mass is 36.0. The van der Waals surface area contributed by atoms with Gasteiger partial charge in [0.2, 0.25) is 9.23 Å². The maximum absolute atomic E-state index is 15.2. The van der Waals surface area contributed by atoms with Gasteiger partial charge in [-0.05, 0) is 333 Å². The molecule has 131 heavy (non-hydrogen) atoms. The van der Waals surface area contributed by atoms with E-state index in [9.17, 15) is 37.9 Å². The molecule has 0 spiro atoms. The lowest BCUT2D eigenvalue weighted by atomic mass is 9.94. The lowest BCUT2D eigenvalue weighted by molar-refractivity contribution is 0.0624. The van der Waals surface area contributed by atoms with E-state index in [1.807, 2.05) is 156 Å². The first-order chi connectivity index (χ1) is 62.0. The summed E-state index contributed by atoms with van der Waals surface area (Å²) in [4.78, 5) is 65.1. The first-order valence-electron chi connectivity index (χ1n) is 43.8. The Morgan fingerprint density at radius 3 is 1.13 bits per heavy atom. The number of aliphatic hydroxyl groups is 1. The number of hydrogen-bond donors (Lipinski definition) is 8. The number of carbonyl (C=O) groups is 5. The summed E-state index contributed by atoms with van der Waals surface area (Å²) in [5, 5.41) is 37.4. The number of nitrogens with zero attached hydrogens (tertiary/aromatic N) is 6. The van der Waals surface area contributed by atoms with Crippen molar-refractivity contribution in [2.75, 3.05) is 36.0 Å². The average molecular weight is 1860 g/mol. The van der Waals surface area contributed by atoms with Crippen LogP contribution >= 0.6 is 33.8 Å². The number of nitrogens with one attached hydrogen (secondary N) is 4. The Hall–Kier alpha value is -11.4. The molecule has 22 nitrogen and oxygen atoms in total. The lowest BCUT2D eigenvalue weighted by Gasteiger charge is -2.22. The maximum Gasteiger partial charge on any atom is 0.412 e. The van der Waals surface area contributed by atoms with Crippen LogP contribution in [0.5, 0.6) is 0 Å². The fraction of sp³-hybridized carbons (Fsp3) is 0.333. The van der Waals surface area contributed by atoms with Crippen molar-refractivity contribution in [1.29, 1.82) is 0 Å². The largest absolute Gasteiger partial charge is 0.444 e. The van der Waals surface area contributed by atoms with Crippen molar-refractivity contribution in [3.05, 3.63) is 337 Å². The number of aromatic nitrogens is 6. The molecule has 11 N–H and O–H groups in total. The minimum atomic E-state index is -1.67. The number of ketones is 3. The number of anilines is 3. The molecule has 3 saturated carbocycles. The summed E-state index contributed by atoms with van der Waals surface area (Å²) in [6.45, 7) is 23.4. The van der Waals surface area contributed by atoms with Crippen molar-refractivity contribution in [3.63, 3.8) is 0 Å². The predicted molar refractivity (Wildman–Crippen MR) is 516 cm³/mol. The Bertz CT molecular complexity index is 5970. The molecular formula is C102H117Cl3F3N13O9S. The van der Waals surface area contributed by atoms with Crippen molar-refractivity contribution < 1.29 is 55.9 Å². The molecule has 9 aromatic carbocycles. The number of aryl methyl sites for hydroxylation is 5. The summed E-state index contributed by atoms with van der Waals surface area (Å²) in [5.41, 5.74) is 31.7. The molecule has 3 unspecified atom stereocenters. The summed E-state index contributed by atoms with van der Waals surface area (Å²) in [6, 6.07) is 64.3. The molecule has 0 saturated heterocycles. The molecule has 0 bridgehead atoms. The number of ether oxygens (including phenoxy) is 2. The molecule has 2 amide bonds.